The summed E-state index contributed by atoms with van der Waals surface area (Å²) in [4.78, 5) is 0. The Morgan fingerprint density at radius 2 is 0.772 bits per heavy atom. The predicted molar refractivity (Wildman–Crippen MR) is 236 cm³/mol. The zero-order chi connectivity index (χ0) is 42.4. The van der Waals surface area contributed by atoms with E-state index in [4.69, 9.17) is 42.0 Å². The topological polar surface area (TPSA) is 103 Å². The molecule has 0 amide bonds. The summed E-state index contributed by atoms with van der Waals surface area (Å²) in [7, 11) is -3.91. The molecule has 12 heteroatoms. The lowest BCUT2D eigenvalue weighted by atomic mass is 10.1. The Bertz CT molecular complexity index is 1310. The Balaban J connectivity index is 1.58. The van der Waals surface area contributed by atoms with Gasteiger partial charge >= 0.3 is 0 Å². The molecule has 2 aromatic rings. The molecule has 2 rings (SSSR count). The van der Waals surface area contributed by atoms with E-state index in [1.54, 1.807) is 0 Å². The largest absolute Gasteiger partial charge is 0.491 e. The number of hydrogen-bond acceptors (Lipinski definition) is 10. The smallest absolute Gasteiger partial charge is 0.200 e. The third-order valence-electron chi connectivity index (χ3n) is 11.1. The van der Waals surface area contributed by atoms with Gasteiger partial charge < -0.3 is 47.1 Å². The molecule has 0 aliphatic heterocycles. The second-order valence-corrected chi connectivity index (χ2v) is 27.7. The molecule has 0 saturated heterocycles. The normalized spacial score (nSPS) is 12.6. The highest BCUT2D eigenvalue weighted by molar-refractivity contribution is 6.78. The van der Waals surface area contributed by atoms with Gasteiger partial charge in [0.05, 0.1) is 72.7 Å². The van der Waals surface area contributed by atoms with Gasteiger partial charge in [0.25, 0.3) is 0 Å². The van der Waals surface area contributed by atoms with E-state index in [1.165, 1.54) is 0 Å². The highest BCUT2D eigenvalue weighted by Crippen LogP contribution is 2.44. The summed E-state index contributed by atoms with van der Waals surface area (Å²) in [5.74, 6) is 2.21. The highest BCUT2D eigenvalue weighted by atomic mass is 28.4. The molecule has 0 radical (unpaired) electrons. The van der Waals surface area contributed by atoms with Crippen LogP contribution in [0.4, 0.5) is 0 Å². The van der Waals surface area contributed by atoms with Gasteiger partial charge in [0.15, 0.2) is 8.32 Å². The Labute approximate surface area is 348 Å². The molecule has 0 atom stereocenters. The van der Waals surface area contributed by atoms with Crippen LogP contribution in [-0.2, 0) is 41.0 Å². The van der Waals surface area contributed by atoms with Crippen molar-refractivity contribution >= 4 is 16.6 Å². The molecule has 0 heterocycles. The molecule has 10 nitrogen and oxygen atoms in total. The van der Waals surface area contributed by atoms with Crippen molar-refractivity contribution in [2.45, 2.75) is 136 Å². The minimum Gasteiger partial charge on any atom is -0.491 e. The molecule has 1 N–H and O–H groups in total. The van der Waals surface area contributed by atoms with E-state index in [0.717, 1.165) is 28.2 Å². The molecule has 0 bridgehead atoms. The summed E-state index contributed by atoms with van der Waals surface area (Å²) >= 11 is 0. The van der Waals surface area contributed by atoms with Crippen LogP contribution in [-0.4, -0.2) is 101 Å². The molecule has 0 spiro atoms. The SMILES string of the molecule is Cc1cc(CO)c(OCCOCCOCCOc2ccc(OCCOCCOCCO[Si](C(C)C)(C(C)C)C(C)C)cc2)c(CO[Si](C(C)C)(C(C)C)C(C)C)c1. The lowest BCUT2D eigenvalue weighted by Crippen LogP contribution is -2.48. The quantitative estimate of drug-likeness (QED) is 0.0566. The van der Waals surface area contributed by atoms with Crippen LogP contribution >= 0.6 is 0 Å². The van der Waals surface area contributed by atoms with Gasteiger partial charge in [-0.1, -0.05) is 101 Å². The van der Waals surface area contributed by atoms with Crippen molar-refractivity contribution in [1.29, 1.82) is 0 Å². The standard InChI is InChI=1S/C45H80O10Si2/c1-34(2)56(35(3)4,36(5)6)54-29-25-50-21-20-48-23-27-52-44-16-14-43(15-17-44)51-26-22-47-18-19-49-24-28-53-45-41(32-46)30-40(13)31-42(45)33-55-57(37(7)8,38(9)10)39(11)12/h14-17,30-31,34-39,46H,18-29,32-33H2,1-13H3. The fourth-order valence-electron chi connectivity index (χ4n) is 8.73. The lowest BCUT2D eigenvalue weighted by Gasteiger charge is -2.42. The van der Waals surface area contributed by atoms with Crippen molar-refractivity contribution in [1.82, 2.24) is 0 Å². The van der Waals surface area contributed by atoms with Gasteiger partial charge in [-0.05, 0) is 64.4 Å². The first-order chi connectivity index (χ1) is 27.1. The third kappa shape index (κ3) is 16.2. The lowest BCUT2D eigenvalue weighted by molar-refractivity contribution is 0.0255. The maximum atomic E-state index is 10.1. The van der Waals surface area contributed by atoms with Gasteiger partial charge in [-0.3, -0.25) is 0 Å². The molecule has 2 aromatic carbocycles. The van der Waals surface area contributed by atoms with Crippen molar-refractivity contribution in [3.63, 3.8) is 0 Å². The molecule has 57 heavy (non-hydrogen) atoms. The molecule has 0 saturated carbocycles. The van der Waals surface area contributed by atoms with Gasteiger partial charge in [-0.2, -0.15) is 0 Å². The summed E-state index contributed by atoms with van der Waals surface area (Å²) in [6.45, 7) is 35.7. The van der Waals surface area contributed by atoms with E-state index >= 15 is 0 Å². The monoisotopic (exact) mass is 837 g/mol. The van der Waals surface area contributed by atoms with Crippen LogP contribution < -0.4 is 14.2 Å². The van der Waals surface area contributed by atoms with Crippen LogP contribution in [0.5, 0.6) is 17.2 Å². The number of benzene rings is 2. The minimum atomic E-state index is -2.06. The second kappa shape index (κ2) is 27.0. The van der Waals surface area contributed by atoms with E-state index < -0.39 is 16.6 Å². The molecular weight excluding hydrogens is 757 g/mol. The van der Waals surface area contributed by atoms with E-state index in [0.29, 0.717) is 125 Å². The van der Waals surface area contributed by atoms with Gasteiger partial charge in [0.2, 0.25) is 8.32 Å². The molecule has 0 aliphatic rings. The molecule has 0 aromatic heterocycles. The first kappa shape index (κ1) is 51.1. The maximum Gasteiger partial charge on any atom is 0.200 e. The zero-order valence-corrected chi connectivity index (χ0v) is 39.9. The summed E-state index contributed by atoms with van der Waals surface area (Å²) in [5.41, 5.74) is 5.98. The van der Waals surface area contributed by atoms with Crippen molar-refractivity contribution in [3.05, 3.63) is 53.1 Å². The average Bonchev–Trinajstić information content (AvgIpc) is 3.14. The number of aliphatic hydroxyl groups excluding tert-OH is 1. The fourth-order valence-corrected chi connectivity index (χ4v) is 19.6. The van der Waals surface area contributed by atoms with Crippen molar-refractivity contribution in [3.8, 4) is 17.2 Å². The van der Waals surface area contributed by atoms with Crippen LogP contribution in [0.2, 0.25) is 33.2 Å². The summed E-state index contributed by atoms with van der Waals surface area (Å²) < 4.78 is 54.1. The maximum absolute atomic E-state index is 10.1. The van der Waals surface area contributed by atoms with E-state index in [1.807, 2.05) is 37.3 Å². The molecule has 0 fully saturated rings. The number of ether oxygens (including phenoxy) is 7. The first-order valence-electron chi connectivity index (χ1n) is 21.4. The average molecular weight is 837 g/mol. The van der Waals surface area contributed by atoms with E-state index in [2.05, 4.69) is 89.2 Å². The van der Waals surface area contributed by atoms with Crippen molar-refractivity contribution < 1.29 is 47.1 Å². The number of rotatable bonds is 32. The Morgan fingerprint density at radius 1 is 0.439 bits per heavy atom. The third-order valence-corrected chi connectivity index (χ3v) is 23.2. The molecule has 0 unspecified atom stereocenters. The van der Waals surface area contributed by atoms with Crippen LogP contribution in [0.1, 0.15) is 99.8 Å². The molecule has 328 valence electrons. The van der Waals surface area contributed by atoms with Gasteiger partial charge in [-0.25, -0.2) is 0 Å². The first-order valence-corrected chi connectivity index (χ1v) is 25.7. The predicted octanol–water partition coefficient (Wildman–Crippen LogP) is 10.3. The van der Waals surface area contributed by atoms with Crippen molar-refractivity contribution in [2.24, 2.45) is 0 Å². The van der Waals surface area contributed by atoms with Gasteiger partial charge in [0.1, 0.15) is 37.1 Å². The fraction of sp³-hybridized carbons (Fsp3) is 0.733. The van der Waals surface area contributed by atoms with Crippen LogP contribution in [0.3, 0.4) is 0 Å². The van der Waals surface area contributed by atoms with E-state index in [-0.39, 0.29) is 6.61 Å². The van der Waals surface area contributed by atoms with Crippen LogP contribution in [0.15, 0.2) is 36.4 Å². The highest BCUT2D eigenvalue weighted by Gasteiger charge is 2.46. The Morgan fingerprint density at radius 3 is 1.16 bits per heavy atom. The zero-order valence-electron chi connectivity index (χ0n) is 37.9. The van der Waals surface area contributed by atoms with Crippen molar-refractivity contribution in [2.75, 3.05) is 79.3 Å². The Hall–Kier alpha value is -2.01. The summed E-state index contributed by atoms with van der Waals surface area (Å²) in [6, 6.07) is 11.6. The Kier molecular flexibility index (Phi) is 24.2. The summed E-state index contributed by atoms with van der Waals surface area (Å²) in [6.07, 6.45) is 0. The van der Waals surface area contributed by atoms with Crippen LogP contribution in [0.25, 0.3) is 0 Å². The van der Waals surface area contributed by atoms with Gasteiger partial charge in [0, 0.05) is 11.1 Å². The second-order valence-electron chi connectivity index (χ2n) is 16.8. The number of aliphatic hydroxyl groups is 1. The van der Waals surface area contributed by atoms with Crippen LogP contribution in [0, 0.1) is 6.92 Å². The van der Waals surface area contributed by atoms with E-state index in [9.17, 15) is 5.11 Å². The molecular formula is C45H80O10Si2. The number of aryl methyl sites for hydroxylation is 1. The number of hydrogen-bond donors (Lipinski definition) is 1. The summed E-state index contributed by atoms with van der Waals surface area (Å²) in [5, 5.41) is 10.1. The molecule has 0 aliphatic carbocycles. The minimum absolute atomic E-state index is 0.0960. The van der Waals surface area contributed by atoms with Gasteiger partial charge in [-0.15, -0.1) is 0 Å².